The predicted octanol–water partition coefficient (Wildman–Crippen LogP) is 0.933. The Kier molecular flexibility index (Phi) is 4.11. The Morgan fingerprint density at radius 3 is 2.70 bits per heavy atom. The molecule has 3 rings (SSSR count). The molecule has 124 valence electrons. The molecule has 1 N–H and O–H groups in total. The van der Waals surface area contributed by atoms with Gasteiger partial charge in [0.05, 0.1) is 19.2 Å². The number of aromatic nitrogens is 3. The van der Waals surface area contributed by atoms with E-state index in [0.29, 0.717) is 18.4 Å². The third-order valence-corrected chi connectivity index (χ3v) is 4.79. The molecule has 0 spiro atoms. The number of hydrogen-bond acceptors (Lipinski definition) is 5. The molecule has 7 heteroatoms. The lowest BCUT2D eigenvalue weighted by atomic mass is 9.98. The average molecular weight is 316 g/mol. The third kappa shape index (κ3) is 3.53. The van der Waals surface area contributed by atoms with Gasteiger partial charge in [-0.3, -0.25) is 9.69 Å². The molecule has 0 radical (unpaired) electrons. The van der Waals surface area contributed by atoms with E-state index in [4.69, 9.17) is 0 Å². The number of carbonyl (C=O) groups excluding carboxylic acids is 1. The molecule has 0 aromatic carbocycles. The van der Waals surface area contributed by atoms with Crippen molar-refractivity contribution in [3.05, 3.63) is 11.6 Å². The van der Waals surface area contributed by atoms with Gasteiger partial charge >= 0.3 is 0 Å². The number of hydrogen-bond donors (Lipinski definition) is 1. The molecule has 7 nitrogen and oxygen atoms in total. The maximum Gasteiger partial charge on any atom is 0.235 e. The monoisotopic (exact) mass is 316 g/mol. The highest BCUT2D eigenvalue weighted by molar-refractivity contribution is 5.79. The highest BCUT2D eigenvalue weighted by Gasteiger charge is 2.43. The SMILES string of the molecule is CN(CC(=O)N[C@](C)(C#N)C1CC1)Cc1nnc(C2CC2)n1C. The zero-order chi connectivity index (χ0) is 16.6. The molecule has 1 atom stereocenters. The van der Waals surface area contributed by atoms with Crippen LogP contribution in [0.15, 0.2) is 0 Å². The molecular formula is C16H24N6O. The smallest absolute Gasteiger partial charge is 0.235 e. The number of nitrogens with zero attached hydrogens (tertiary/aromatic N) is 5. The second-order valence-corrected chi connectivity index (χ2v) is 7.12. The van der Waals surface area contributed by atoms with Crippen LogP contribution in [0.25, 0.3) is 0 Å². The molecule has 0 unspecified atom stereocenters. The minimum absolute atomic E-state index is 0.118. The zero-order valence-corrected chi connectivity index (χ0v) is 14.0. The molecule has 0 saturated heterocycles. The summed E-state index contributed by atoms with van der Waals surface area (Å²) in [6, 6.07) is 2.25. The van der Waals surface area contributed by atoms with Gasteiger partial charge < -0.3 is 9.88 Å². The van der Waals surface area contributed by atoms with E-state index in [1.165, 1.54) is 12.8 Å². The normalized spacial score (nSPS) is 20.1. The van der Waals surface area contributed by atoms with Crippen molar-refractivity contribution in [3.8, 4) is 6.07 Å². The van der Waals surface area contributed by atoms with E-state index in [9.17, 15) is 10.1 Å². The van der Waals surface area contributed by atoms with E-state index >= 15 is 0 Å². The van der Waals surface area contributed by atoms with Crippen LogP contribution < -0.4 is 5.32 Å². The largest absolute Gasteiger partial charge is 0.337 e. The molecule has 0 bridgehead atoms. The third-order valence-electron chi connectivity index (χ3n) is 4.79. The summed E-state index contributed by atoms with van der Waals surface area (Å²) in [6.07, 6.45) is 4.42. The van der Waals surface area contributed by atoms with Gasteiger partial charge in [-0.1, -0.05) is 0 Å². The second-order valence-electron chi connectivity index (χ2n) is 7.12. The standard InChI is InChI=1S/C16H24N6O/c1-16(10-17,12-6-7-12)18-14(23)9-21(2)8-13-19-20-15(22(13)3)11-4-5-11/h11-12H,4-9H2,1-3H3,(H,18,23)/t16-/m1/s1. The summed E-state index contributed by atoms with van der Waals surface area (Å²) in [6.45, 7) is 2.62. The van der Waals surface area contributed by atoms with Gasteiger partial charge in [-0.15, -0.1) is 10.2 Å². The van der Waals surface area contributed by atoms with Crippen LogP contribution in [0.2, 0.25) is 0 Å². The molecule has 1 heterocycles. The van der Waals surface area contributed by atoms with Crippen LogP contribution in [0.5, 0.6) is 0 Å². The highest BCUT2D eigenvalue weighted by atomic mass is 16.2. The van der Waals surface area contributed by atoms with Gasteiger partial charge in [0.1, 0.15) is 17.2 Å². The van der Waals surface area contributed by atoms with Gasteiger partial charge in [0, 0.05) is 13.0 Å². The summed E-state index contributed by atoms with van der Waals surface area (Å²) < 4.78 is 2.04. The van der Waals surface area contributed by atoms with Gasteiger partial charge in [-0.05, 0) is 45.6 Å². The van der Waals surface area contributed by atoms with Crippen LogP contribution in [0.1, 0.15) is 50.2 Å². The maximum atomic E-state index is 12.2. The zero-order valence-electron chi connectivity index (χ0n) is 14.0. The van der Waals surface area contributed by atoms with Crippen LogP contribution in [-0.4, -0.2) is 44.7 Å². The van der Waals surface area contributed by atoms with Crippen molar-refractivity contribution in [2.24, 2.45) is 13.0 Å². The summed E-state index contributed by atoms with van der Waals surface area (Å²) >= 11 is 0. The first-order valence-corrected chi connectivity index (χ1v) is 8.22. The van der Waals surface area contributed by atoms with Crippen LogP contribution in [0.3, 0.4) is 0 Å². The van der Waals surface area contributed by atoms with Gasteiger partial charge in [0.25, 0.3) is 0 Å². The number of nitriles is 1. The molecule has 2 saturated carbocycles. The Hall–Kier alpha value is -1.94. The molecule has 23 heavy (non-hydrogen) atoms. The van der Waals surface area contributed by atoms with Crippen molar-refractivity contribution in [1.29, 1.82) is 5.26 Å². The first-order valence-electron chi connectivity index (χ1n) is 8.22. The number of nitrogens with one attached hydrogen (secondary N) is 1. The van der Waals surface area contributed by atoms with E-state index in [2.05, 4.69) is 21.6 Å². The van der Waals surface area contributed by atoms with Gasteiger partial charge in [0.2, 0.25) is 5.91 Å². The van der Waals surface area contributed by atoms with E-state index in [1.54, 1.807) is 0 Å². The van der Waals surface area contributed by atoms with Crippen molar-refractivity contribution in [2.75, 3.05) is 13.6 Å². The Labute approximate surface area is 136 Å². The lowest BCUT2D eigenvalue weighted by molar-refractivity contribution is -0.123. The number of rotatable bonds is 7. The van der Waals surface area contributed by atoms with E-state index < -0.39 is 5.54 Å². The lowest BCUT2D eigenvalue weighted by Gasteiger charge is -2.24. The van der Waals surface area contributed by atoms with Crippen molar-refractivity contribution in [2.45, 2.75) is 50.6 Å². The Morgan fingerprint density at radius 1 is 1.43 bits per heavy atom. The summed E-state index contributed by atoms with van der Waals surface area (Å²) in [4.78, 5) is 14.1. The fourth-order valence-corrected chi connectivity index (χ4v) is 2.96. The summed E-state index contributed by atoms with van der Waals surface area (Å²) in [5.41, 5.74) is -0.734. The summed E-state index contributed by atoms with van der Waals surface area (Å²) in [5, 5.41) is 20.7. The Morgan fingerprint density at radius 2 is 2.13 bits per heavy atom. The fraction of sp³-hybridized carbons (Fsp3) is 0.750. The molecular weight excluding hydrogens is 292 g/mol. The Balaban J connectivity index is 1.53. The quantitative estimate of drug-likeness (QED) is 0.809. The topological polar surface area (TPSA) is 86.8 Å². The molecule has 1 aromatic heterocycles. The predicted molar refractivity (Wildman–Crippen MR) is 84.2 cm³/mol. The molecule has 0 aliphatic heterocycles. The molecule has 1 amide bonds. The summed E-state index contributed by atoms with van der Waals surface area (Å²) in [7, 11) is 3.86. The van der Waals surface area contributed by atoms with Crippen molar-refractivity contribution in [1.82, 2.24) is 25.0 Å². The van der Waals surface area contributed by atoms with Gasteiger partial charge in [0.15, 0.2) is 0 Å². The first-order chi connectivity index (χ1) is 10.9. The van der Waals surface area contributed by atoms with Crippen molar-refractivity contribution < 1.29 is 4.79 Å². The molecule has 2 aliphatic rings. The van der Waals surface area contributed by atoms with Gasteiger partial charge in [-0.2, -0.15) is 5.26 Å². The summed E-state index contributed by atoms with van der Waals surface area (Å²) in [5.74, 6) is 2.65. The van der Waals surface area contributed by atoms with Crippen molar-refractivity contribution in [3.63, 3.8) is 0 Å². The number of carbonyl (C=O) groups is 1. The van der Waals surface area contributed by atoms with Crippen LogP contribution in [0.4, 0.5) is 0 Å². The van der Waals surface area contributed by atoms with E-state index in [0.717, 1.165) is 24.5 Å². The van der Waals surface area contributed by atoms with Crippen LogP contribution in [0, 0.1) is 17.2 Å². The number of likely N-dealkylation sites (N-methyl/N-ethyl adjacent to an activating group) is 1. The maximum absolute atomic E-state index is 12.2. The van der Waals surface area contributed by atoms with Gasteiger partial charge in [-0.25, -0.2) is 0 Å². The van der Waals surface area contributed by atoms with Crippen molar-refractivity contribution >= 4 is 5.91 Å². The van der Waals surface area contributed by atoms with Crippen LogP contribution in [-0.2, 0) is 18.4 Å². The minimum atomic E-state index is -0.734. The second kappa shape index (κ2) is 5.93. The average Bonchev–Trinajstić information content (AvgIpc) is 3.38. The van der Waals surface area contributed by atoms with Crippen LogP contribution >= 0.6 is 0 Å². The molecule has 2 fully saturated rings. The lowest BCUT2D eigenvalue weighted by Crippen LogP contribution is -2.49. The fourth-order valence-electron chi connectivity index (χ4n) is 2.96. The molecule has 1 aromatic rings. The molecule has 2 aliphatic carbocycles. The highest BCUT2D eigenvalue weighted by Crippen LogP contribution is 2.39. The van der Waals surface area contributed by atoms with E-state index in [1.807, 2.05) is 30.5 Å². The Bertz CT molecular complexity index is 639. The first kappa shape index (κ1) is 15.9. The minimum Gasteiger partial charge on any atom is -0.337 e. The van der Waals surface area contributed by atoms with E-state index in [-0.39, 0.29) is 12.5 Å². The number of amides is 1.